The molecule has 0 aliphatic rings. The SMILES string of the molecule is CS(=O)(=O)CCCOc1cc(Cl)ccc1Cl. The Morgan fingerprint density at radius 3 is 2.62 bits per heavy atom. The Morgan fingerprint density at radius 2 is 2.00 bits per heavy atom. The predicted molar refractivity (Wildman–Crippen MR) is 66.3 cm³/mol. The lowest BCUT2D eigenvalue weighted by molar-refractivity contribution is 0.318. The zero-order chi connectivity index (χ0) is 12.2. The molecule has 0 radical (unpaired) electrons. The Morgan fingerprint density at radius 1 is 1.31 bits per heavy atom. The summed E-state index contributed by atoms with van der Waals surface area (Å²) in [6.07, 6.45) is 1.63. The zero-order valence-electron chi connectivity index (χ0n) is 8.74. The van der Waals surface area contributed by atoms with Crippen molar-refractivity contribution in [2.24, 2.45) is 0 Å². The summed E-state index contributed by atoms with van der Waals surface area (Å²) in [5.74, 6) is 0.577. The van der Waals surface area contributed by atoms with Gasteiger partial charge >= 0.3 is 0 Å². The van der Waals surface area contributed by atoms with Gasteiger partial charge in [-0.3, -0.25) is 0 Å². The molecule has 0 saturated carbocycles. The van der Waals surface area contributed by atoms with Crippen molar-refractivity contribution in [3.05, 3.63) is 28.2 Å². The third kappa shape index (κ3) is 5.05. The van der Waals surface area contributed by atoms with Crippen molar-refractivity contribution >= 4 is 33.0 Å². The van der Waals surface area contributed by atoms with Crippen molar-refractivity contribution < 1.29 is 13.2 Å². The van der Waals surface area contributed by atoms with Crippen molar-refractivity contribution in [2.75, 3.05) is 18.6 Å². The molecule has 3 nitrogen and oxygen atoms in total. The number of hydrogen-bond acceptors (Lipinski definition) is 3. The summed E-state index contributed by atoms with van der Waals surface area (Å²) >= 11 is 11.6. The first-order valence-corrected chi connectivity index (χ1v) is 7.46. The highest BCUT2D eigenvalue weighted by molar-refractivity contribution is 7.90. The lowest BCUT2D eigenvalue weighted by Crippen LogP contribution is -2.08. The van der Waals surface area contributed by atoms with Crippen LogP contribution in [0.4, 0.5) is 0 Å². The standard InChI is InChI=1S/C10H12Cl2O3S/c1-16(13,14)6-2-5-15-10-7-8(11)3-4-9(10)12/h3-4,7H,2,5-6H2,1H3. The molecule has 0 heterocycles. The fraction of sp³-hybridized carbons (Fsp3) is 0.400. The zero-order valence-corrected chi connectivity index (χ0v) is 11.1. The predicted octanol–water partition coefficient (Wildman–Crippen LogP) is 2.81. The average Bonchev–Trinajstić information content (AvgIpc) is 2.16. The molecule has 90 valence electrons. The van der Waals surface area contributed by atoms with E-state index >= 15 is 0 Å². The highest BCUT2D eigenvalue weighted by atomic mass is 35.5. The number of sulfone groups is 1. The summed E-state index contributed by atoms with van der Waals surface area (Å²) in [5.41, 5.74) is 0. The molecule has 6 heteroatoms. The van der Waals surface area contributed by atoms with Crippen LogP contribution in [0.5, 0.6) is 5.75 Å². The summed E-state index contributed by atoms with van der Waals surface area (Å²) in [6, 6.07) is 4.90. The summed E-state index contributed by atoms with van der Waals surface area (Å²) in [6.45, 7) is 0.299. The fourth-order valence-corrected chi connectivity index (χ4v) is 2.07. The van der Waals surface area contributed by atoms with E-state index in [1.165, 1.54) is 6.26 Å². The Balaban J connectivity index is 2.46. The maximum Gasteiger partial charge on any atom is 0.147 e. The van der Waals surface area contributed by atoms with Gasteiger partial charge in [0.1, 0.15) is 15.6 Å². The van der Waals surface area contributed by atoms with Crippen molar-refractivity contribution in [3.63, 3.8) is 0 Å². The first-order chi connectivity index (χ1) is 7.38. The molecule has 0 fully saturated rings. The molecule has 16 heavy (non-hydrogen) atoms. The molecule has 0 atom stereocenters. The highest BCUT2D eigenvalue weighted by Crippen LogP contribution is 2.27. The van der Waals surface area contributed by atoms with E-state index in [1.54, 1.807) is 18.2 Å². The van der Waals surface area contributed by atoms with Gasteiger partial charge in [-0.1, -0.05) is 23.2 Å². The second-order valence-corrected chi connectivity index (χ2v) is 6.51. The van der Waals surface area contributed by atoms with Gasteiger partial charge in [0.2, 0.25) is 0 Å². The van der Waals surface area contributed by atoms with E-state index in [0.717, 1.165) is 0 Å². The quantitative estimate of drug-likeness (QED) is 0.780. The molecular weight excluding hydrogens is 271 g/mol. The third-order valence-corrected chi connectivity index (χ3v) is 3.39. The van der Waals surface area contributed by atoms with Gasteiger partial charge in [-0.25, -0.2) is 8.42 Å². The topological polar surface area (TPSA) is 43.4 Å². The van der Waals surface area contributed by atoms with Crippen molar-refractivity contribution in [1.82, 2.24) is 0 Å². The van der Waals surface area contributed by atoms with Gasteiger partial charge in [-0.05, 0) is 18.6 Å². The molecule has 1 aromatic carbocycles. The lowest BCUT2D eigenvalue weighted by Gasteiger charge is -2.07. The van der Waals surface area contributed by atoms with E-state index < -0.39 is 9.84 Å². The Labute approximate surface area is 105 Å². The number of halogens is 2. The number of benzene rings is 1. The number of rotatable bonds is 5. The molecule has 0 aliphatic carbocycles. The highest BCUT2D eigenvalue weighted by Gasteiger charge is 2.04. The minimum Gasteiger partial charge on any atom is -0.492 e. The van der Waals surface area contributed by atoms with E-state index in [2.05, 4.69) is 0 Å². The van der Waals surface area contributed by atoms with Gasteiger partial charge in [0, 0.05) is 17.3 Å². The molecular formula is C10H12Cl2O3S. The van der Waals surface area contributed by atoms with Gasteiger partial charge in [-0.15, -0.1) is 0 Å². The Hall–Kier alpha value is -0.450. The van der Waals surface area contributed by atoms with E-state index in [1.807, 2.05) is 0 Å². The van der Waals surface area contributed by atoms with Crippen LogP contribution < -0.4 is 4.74 Å². The minimum absolute atomic E-state index is 0.102. The molecule has 0 aliphatic heterocycles. The average molecular weight is 283 g/mol. The molecule has 0 spiro atoms. The van der Waals surface area contributed by atoms with Crippen LogP contribution in [0.3, 0.4) is 0 Å². The first kappa shape index (κ1) is 13.6. The normalized spacial score (nSPS) is 11.4. The number of ether oxygens (including phenoxy) is 1. The maximum absolute atomic E-state index is 10.9. The van der Waals surface area contributed by atoms with Crippen LogP contribution in [0.25, 0.3) is 0 Å². The van der Waals surface area contributed by atoms with Crippen LogP contribution in [-0.2, 0) is 9.84 Å². The Kier molecular flexibility index (Phi) is 4.89. The summed E-state index contributed by atoms with van der Waals surface area (Å²) in [5, 5.41) is 0.992. The molecule has 0 N–H and O–H groups in total. The van der Waals surface area contributed by atoms with E-state index in [9.17, 15) is 8.42 Å². The molecule has 0 amide bonds. The fourth-order valence-electron chi connectivity index (χ4n) is 1.09. The summed E-state index contributed by atoms with van der Waals surface area (Å²) < 4.78 is 27.1. The Bertz CT molecular complexity index is 457. The third-order valence-electron chi connectivity index (χ3n) is 1.81. The maximum atomic E-state index is 10.9. The minimum atomic E-state index is -2.94. The smallest absolute Gasteiger partial charge is 0.147 e. The van der Waals surface area contributed by atoms with Crippen molar-refractivity contribution in [1.29, 1.82) is 0 Å². The van der Waals surface area contributed by atoms with Gasteiger partial charge in [0.25, 0.3) is 0 Å². The van der Waals surface area contributed by atoms with Gasteiger partial charge in [-0.2, -0.15) is 0 Å². The largest absolute Gasteiger partial charge is 0.492 e. The summed E-state index contributed by atoms with van der Waals surface area (Å²) in [4.78, 5) is 0. The van der Waals surface area contributed by atoms with Gasteiger partial charge < -0.3 is 4.74 Å². The van der Waals surface area contributed by atoms with Crippen LogP contribution in [-0.4, -0.2) is 27.0 Å². The van der Waals surface area contributed by atoms with Crippen LogP contribution in [0, 0.1) is 0 Å². The monoisotopic (exact) mass is 282 g/mol. The van der Waals surface area contributed by atoms with Gasteiger partial charge in [0.15, 0.2) is 0 Å². The molecule has 1 rings (SSSR count). The van der Waals surface area contributed by atoms with Crippen LogP contribution in [0.15, 0.2) is 18.2 Å². The second kappa shape index (κ2) is 5.75. The second-order valence-electron chi connectivity index (χ2n) is 3.41. The molecule has 1 aromatic rings. The van der Waals surface area contributed by atoms with Crippen molar-refractivity contribution in [2.45, 2.75) is 6.42 Å². The van der Waals surface area contributed by atoms with Crippen molar-refractivity contribution in [3.8, 4) is 5.75 Å². The number of hydrogen-bond donors (Lipinski definition) is 0. The summed E-state index contributed by atoms with van der Waals surface area (Å²) in [7, 11) is -2.94. The van der Waals surface area contributed by atoms with E-state index in [4.69, 9.17) is 27.9 Å². The molecule has 0 bridgehead atoms. The van der Waals surface area contributed by atoms with Crippen LogP contribution in [0.1, 0.15) is 6.42 Å². The molecule has 0 saturated heterocycles. The molecule has 0 unspecified atom stereocenters. The lowest BCUT2D eigenvalue weighted by atomic mass is 10.3. The van der Waals surface area contributed by atoms with Crippen LogP contribution >= 0.6 is 23.2 Å². The first-order valence-electron chi connectivity index (χ1n) is 4.64. The van der Waals surface area contributed by atoms with E-state index in [0.29, 0.717) is 28.8 Å². The van der Waals surface area contributed by atoms with Gasteiger partial charge in [0.05, 0.1) is 17.4 Å². The van der Waals surface area contributed by atoms with E-state index in [-0.39, 0.29) is 5.75 Å². The molecule has 0 aromatic heterocycles. The van der Waals surface area contributed by atoms with Crippen LogP contribution in [0.2, 0.25) is 10.0 Å².